The van der Waals surface area contributed by atoms with Crippen molar-refractivity contribution in [1.82, 2.24) is 17.9 Å². The molecule has 4 nitrogen and oxygen atoms in total. The fourth-order valence-electron chi connectivity index (χ4n) is 10.8. The highest BCUT2D eigenvalue weighted by Crippen LogP contribution is 2.47. The molecule has 6 heterocycles. The zero-order chi connectivity index (χ0) is 36.8. The molecule has 6 aromatic heterocycles. The number of nitrogens with zero attached hydrogens (tertiary/aromatic N) is 4. The van der Waals surface area contributed by atoms with Gasteiger partial charge in [0.05, 0.1) is 44.1 Å². The van der Waals surface area contributed by atoms with E-state index in [1.165, 1.54) is 120 Å². The first kappa shape index (κ1) is 30.3. The minimum atomic E-state index is 0.963. The maximum Gasteiger partial charge on any atom is 0.0641 e. The Morgan fingerprint density at radius 1 is 0.286 bits per heavy atom. The molecule has 0 amide bonds. The summed E-state index contributed by atoms with van der Waals surface area (Å²) in [6.45, 7) is 6.42. The standard InChI is InChI=1S/2C26H18N2/c1-2-27-20-12-6-4-10-17(20)24-23(27)15-19-16-9-3-7-13-21(16)28-22-14-8-5-11-18(22)25(24)26(19)28;1-2-27-21-12-6-3-9-16(21)19-15-20-17-10-4-7-13-22(17)28-23-14-8-5-11-18(23)24(25(19)27)26(20)28/h2*3-15H,2H2,1H3. The van der Waals surface area contributed by atoms with Gasteiger partial charge in [-0.15, -0.1) is 0 Å². The van der Waals surface area contributed by atoms with Gasteiger partial charge in [-0.05, 0) is 62.4 Å². The number of rotatable bonds is 2. The van der Waals surface area contributed by atoms with Gasteiger partial charge in [0.2, 0.25) is 0 Å². The second-order valence-electron chi connectivity index (χ2n) is 15.3. The summed E-state index contributed by atoms with van der Waals surface area (Å²) >= 11 is 0. The van der Waals surface area contributed by atoms with Crippen LogP contribution in [0.5, 0.6) is 0 Å². The first-order chi connectivity index (χ1) is 27.8. The van der Waals surface area contributed by atoms with Crippen molar-refractivity contribution in [2.24, 2.45) is 0 Å². The summed E-state index contributed by atoms with van der Waals surface area (Å²) in [6.07, 6.45) is 0. The summed E-state index contributed by atoms with van der Waals surface area (Å²) in [5.41, 5.74) is 13.2. The Balaban J connectivity index is 0.000000118. The van der Waals surface area contributed by atoms with Crippen LogP contribution in [0.2, 0.25) is 0 Å². The number of para-hydroxylation sites is 6. The zero-order valence-corrected chi connectivity index (χ0v) is 31.2. The topological polar surface area (TPSA) is 18.7 Å². The summed E-state index contributed by atoms with van der Waals surface area (Å²) in [6, 6.07) is 57.8. The van der Waals surface area contributed by atoms with Crippen LogP contribution in [0.4, 0.5) is 0 Å². The largest absolute Gasteiger partial charge is 0.341 e. The van der Waals surface area contributed by atoms with Gasteiger partial charge >= 0.3 is 0 Å². The maximum absolute atomic E-state index is 2.49. The van der Waals surface area contributed by atoms with Crippen LogP contribution in [0.25, 0.3) is 120 Å². The van der Waals surface area contributed by atoms with Crippen LogP contribution in [-0.4, -0.2) is 17.9 Å². The van der Waals surface area contributed by atoms with E-state index in [9.17, 15) is 0 Å². The molecule has 0 fully saturated rings. The first-order valence-electron chi connectivity index (χ1n) is 19.9. The summed E-state index contributed by atoms with van der Waals surface area (Å²) < 4.78 is 9.89. The maximum atomic E-state index is 2.49. The van der Waals surface area contributed by atoms with Crippen molar-refractivity contribution < 1.29 is 0 Å². The fourth-order valence-corrected chi connectivity index (χ4v) is 10.8. The van der Waals surface area contributed by atoms with Gasteiger partial charge in [-0.3, -0.25) is 0 Å². The lowest BCUT2D eigenvalue weighted by Gasteiger charge is -2.05. The minimum absolute atomic E-state index is 0.963. The van der Waals surface area contributed by atoms with Crippen LogP contribution >= 0.6 is 0 Å². The van der Waals surface area contributed by atoms with Crippen molar-refractivity contribution in [3.05, 3.63) is 158 Å². The number of benzene rings is 8. The number of hydrogen-bond donors (Lipinski definition) is 0. The molecule has 0 bridgehead atoms. The van der Waals surface area contributed by atoms with Crippen molar-refractivity contribution in [1.29, 1.82) is 0 Å². The van der Waals surface area contributed by atoms with E-state index in [2.05, 4.69) is 190 Å². The predicted molar refractivity (Wildman–Crippen MR) is 240 cm³/mol. The van der Waals surface area contributed by atoms with Gasteiger partial charge in [-0.1, -0.05) is 109 Å². The molecule has 4 heteroatoms. The number of fused-ring (bicyclic) bond motifs is 20. The number of hydrogen-bond acceptors (Lipinski definition) is 0. The molecule has 0 N–H and O–H groups in total. The molecule has 0 aliphatic rings. The lowest BCUT2D eigenvalue weighted by atomic mass is 10.0. The zero-order valence-electron chi connectivity index (χ0n) is 31.2. The summed E-state index contributed by atoms with van der Waals surface area (Å²) in [5, 5.41) is 16.3. The second-order valence-corrected chi connectivity index (χ2v) is 15.3. The molecule has 0 atom stereocenters. The second kappa shape index (κ2) is 10.8. The summed E-state index contributed by atoms with van der Waals surface area (Å²) in [4.78, 5) is 0. The molecule has 0 radical (unpaired) electrons. The smallest absolute Gasteiger partial charge is 0.0641 e. The van der Waals surface area contributed by atoms with Gasteiger partial charge in [-0.25, -0.2) is 0 Å². The highest BCUT2D eigenvalue weighted by Gasteiger charge is 2.24. The molecule has 0 aliphatic heterocycles. The van der Waals surface area contributed by atoms with E-state index in [4.69, 9.17) is 0 Å². The van der Waals surface area contributed by atoms with E-state index in [1.807, 2.05) is 0 Å². The lowest BCUT2D eigenvalue weighted by Crippen LogP contribution is -1.93. The van der Waals surface area contributed by atoms with Gasteiger partial charge in [0.1, 0.15) is 0 Å². The average molecular weight is 717 g/mol. The normalized spacial score (nSPS) is 12.6. The molecule has 0 aliphatic carbocycles. The Labute approximate surface area is 321 Å². The van der Waals surface area contributed by atoms with Gasteiger partial charge in [0, 0.05) is 88.8 Å². The average Bonchev–Trinajstić information content (AvgIpc) is 4.08. The monoisotopic (exact) mass is 716 g/mol. The summed E-state index contributed by atoms with van der Waals surface area (Å²) in [7, 11) is 0. The van der Waals surface area contributed by atoms with Crippen LogP contribution < -0.4 is 0 Å². The molecule has 0 spiro atoms. The van der Waals surface area contributed by atoms with Crippen LogP contribution in [-0.2, 0) is 13.1 Å². The fraction of sp³-hybridized carbons (Fsp3) is 0.0769. The third-order valence-corrected chi connectivity index (χ3v) is 12.8. The highest BCUT2D eigenvalue weighted by atomic mass is 15.0. The summed E-state index contributed by atoms with van der Waals surface area (Å²) in [5.74, 6) is 0. The van der Waals surface area contributed by atoms with E-state index >= 15 is 0 Å². The molecular weight excluding hydrogens is 681 g/mol. The molecule has 0 saturated carbocycles. The minimum Gasteiger partial charge on any atom is -0.341 e. The van der Waals surface area contributed by atoms with E-state index in [1.54, 1.807) is 0 Å². The van der Waals surface area contributed by atoms with Gasteiger partial charge < -0.3 is 17.9 Å². The van der Waals surface area contributed by atoms with Gasteiger partial charge in [-0.2, -0.15) is 0 Å². The number of aryl methyl sites for hydroxylation is 2. The molecular formula is C52H36N4. The highest BCUT2D eigenvalue weighted by molar-refractivity contribution is 6.36. The van der Waals surface area contributed by atoms with Gasteiger partial charge in [0.15, 0.2) is 0 Å². The van der Waals surface area contributed by atoms with E-state index in [-0.39, 0.29) is 0 Å². The van der Waals surface area contributed by atoms with Crippen molar-refractivity contribution in [3.8, 4) is 0 Å². The third-order valence-electron chi connectivity index (χ3n) is 12.8. The first-order valence-corrected chi connectivity index (χ1v) is 19.9. The third kappa shape index (κ3) is 3.56. The molecule has 14 aromatic rings. The Hall–Kier alpha value is -7.04. The van der Waals surface area contributed by atoms with Crippen LogP contribution in [0.15, 0.2) is 158 Å². The molecule has 56 heavy (non-hydrogen) atoms. The van der Waals surface area contributed by atoms with Crippen molar-refractivity contribution in [3.63, 3.8) is 0 Å². The quantitative estimate of drug-likeness (QED) is 0.170. The Morgan fingerprint density at radius 3 is 1.18 bits per heavy atom. The van der Waals surface area contributed by atoms with Crippen molar-refractivity contribution >= 4 is 120 Å². The van der Waals surface area contributed by atoms with E-state index in [0.29, 0.717) is 0 Å². The predicted octanol–water partition coefficient (Wildman–Crippen LogP) is 13.9. The SMILES string of the molecule is CCn1c2ccccc2c2c3c4ccccc4n4c5ccccc5c(cc21)c34.CCn1c2ccccc2c2cc3c4ccccc4n4c5ccccc5c(c21)c34. The van der Waals surface area contributed by atoms with Crippen LogP contribution in [0.3, 0.4) is 0 Å². The molecule has 0 saturated heterocycles. The Kier molecular flexibility index (Phi) is 5.84. The molecule has 8 aromatic carbocycles. The van der Waals surface area contributed by atoms with Crippen LogP contribution in [0.1, 0.15) is 13.8 Å². The van der Waals surface area contributed by atoms with Crippen molar-refractivity contribution in [2.45, 2.75) is 26.9 Å². The Morgan fingerprint density at radius 2 is 0.643 bits per heavy atom. The van der Waals surface area contributed by atoms with E-state index < -0.39 is 0 Å². The molecule has 0 unspecified atom stereocenters. The number of aromatic nitrogens is 4. The van der Waals surface area contributed by atoms with Crippen molar-refractivity contribution in [2.75, 3.05) is 0 Å². The molecule has 264 valence electrons. The van der Waals surface area contributed by atoms with E-state index in [0.717, 1.165) is 13.1 Å². The van der Waals surface area contributed by atoms with Crippen LogP contribution in [0, 0.1) is 0 Å². The lowest BCUT2D eigenvalue weighted by molar-refractivity contribution is 0.828. The van der Waals surface area contributed by atoms with Gasteiger partial charge in [0.25, 0.3) is 0 Å². The molecule has 14 rings (SSSR count). The Bertz CT molecular complexity index is 3890.